The zero-order valence-corrected chi connectivity index (χ0v) is 12.4. The molecule has 3 rings (SSSR count). The molecule has 2 N–H and O–H groups in total. The molecule has 1 atom stereocenters. The van der Waals surface area contributed by atoms with Crippen molar-refractivity contribution in [1.29, 1.82) is 0 Å². The Labute approximate surface area is 128 Å². The maximum atomic E-state index is 9.02. The average Bonchev–Trinajstić information content (AvgIpc) is 2.86. The van der Waals surface area contributed by atoms with E-state index in [9.17, 15) is 0 Å². The number of benzene rings is 1. The average molecular weight is 308 g/mol. The molecule has 2 aromatic rings. The molecular weight excluding hydrogens is 290 g/mol. The highest BCUT2D eigenvalue weighted by atomic mass is 35.5. The lowest BCUT2D eigenvalue weighted by Gasteiger charge is -2.18. The summed E-state index contributed by atoms with van der Waals surface area (Å²) >= 11 is 6.22. The van der Waals surface area contributed by atoms with Gasteiger partial charge in [0.1, 0.15) is 23.9 Å². The smallest absolute Gasteiger partial charge is 0.142 e. The van der Waals surface area contributed by atoms with Crippen molar-refractivity contribution < 1.29 is 14.3 Å². The zero-order valence-electron chi connectivity index (χ0n) is 11.6. The van der Waals surface area contributed by atoms with E-state index in [0.29, 0.717) is 23.9 Å². The normalized spacial score (nSPS) is 17.9. The second-order valence-electron chi connectivity index (χ2n) is 5.11. The lowest BCUT2D eigenvalue weighted by molar-refractivity contribution is 0.242. The molecule has 112 valence electrons. The number of furan rings is 1. The number of para-hydroxylation sites is 1. The summed E-state index contributed by atoms with van der Waals surface area (Å²) < 4.78 is 11.3. The summed E-state index contributed by atoms with van der Waals surface area (Å²) in [6.07, 6.45) is 1.96. The maximum Gasteiger partial charge on any atom is 0.142 e. The fraction of sp³-hybridized carbons (Fsp3) is 0.375. The quantitative estimate of drug-likeness (QED) is 0.908. The standard InChI is InChI=1S/C16H18ClNO3/c17-14-4-1-3-13-15(5-2-8-20-16(13)14)18-9-11-6-7-12(10-19)21-11/h1,3-4,6-7,15,18-19H,2,5,8-10H2/t15-/m1/s1. The van der Waals surface area contributed by atoms with Gasteiger partial charge in [0.25, 0.3) is 0 Å². The molecule has 0 aliphatic carbocycles. The van der Waals surface area contributed by atoms with Crippen LogP contribution in [0.1, 0.15) is 36.0 Å². The Balaban J connectivity index is 1.75. The van der Waals surface area contributed by atoms with Gasteiger partial charge in [0.05, 0.1) is 18.2 Å². The Morgan fingerprint density at radius 2 is 2.10 bits per heavy atom. The van der Waals surface area contributed by atoms with Gasteiger partial charge in [0, 0.05) is 11.6 Å². The van der Waals surface area contributed by atoms with Crippen LogP contribution < -0.4 is 10.1 Å². The number of ether oxygens (including phenoxy) is 1. The first kappa shape index (κ1) is 14.4. The molecule has 5 heteroatoms. The van der Waals surface area contributed by atoms with Crippen LogP contribution in [0.15, 0.2) is 34.7 Å². The summed E-state index contributed by atoms with van der Waals surface area (Å²) in [6, 6.07) is 9.70. The molecule has 0 amide bonds. The molecule has 0 spiro atoms. The van der Waals surface area contributed by atoms with Crippen LogP contribution in [0.25, 0.3) is 0 Å². The molecule has 1 aromatic heterocycles. The molecule has 0 fully saturated rings. The molecule has 1 aromatic carbocycles. The number of halogens is 1. The van der Waals surface area contributed by atoms with Gasteiger partial charge in [-0.2, -0.15) is 0 Å². The highest BCUT2D eigenvalue weighted by Crippen LogP contribution is 2.37. The van der Waals surface area contributed by atoms with Crippen LogP contribution in [0.5, 0.6) is 5.75 Å². The lowest BCUT2D eigenvalue weighted by Crippen LogP contribution is -2.20. The number of fused-ring (bicyclic) bond motifs is 1. The Kier molecular flexibility index (Phi) is 4.48. The summed E-state index contributed by atoms with van der Waals surface area (Å²) in [5.74, 6) is 2.18. The van der Waals surface area contributed by atoms with Crippen molar-refractivity contribution in [3.8, 4) is 5.75 Å². The van der Waals surface area contributed by atoms with Crippen LogP contribution in [-0.2, 0) is 13.2 Å². The van der Waals surface area contributed by atoms with E-state index in [4.69, 9.17) is 25.9 Å². The van der Waals surface area contributed by atoms with Crippen molar-refractivity contribution in [3.63, 3.8) is 0 Å². The molecule has 1 aliphatic rings. The summed E-state index contributed by atoms with van der Waals surface area (Å²) in [7, 11) is 0. The van der Waals surface area contributed by atoms with Gasteiger partial charge in [0.15, 0.2) is 0 Å². The fourth-order valence-corrected chi connectivity index (χ4v) is 2.84. The minimum atomic E-state index is -0.0737. The Hall–Kier alpha value is -1.49. The van der Waals surface area contributed by atoms with E-state index in [1.54, 1.807) is 6.07 Å². The van der Waals surface area contributed by atoms with E-state index in [-0.39, 0.29) is 12.6 Å². The first-order valence-corrected chi connectivity index (χ1v) is 7.49. The Morgan fingerprint density at radius 1 is 1.24 bits per heavy atom. The van der Waals surface area contributed by atoms with E-state index in [1.165, 1.54) is 0 Å². The van der Waals surface area contributed by atoms with E-state index in [2.05, 4.69) is 5.32 Å². The highest BCUT2D eigenvalue weighted by Gasteiger charge is 2.21. The summed E-state index contributed by atoms with van der Waals surface area (Å²) in [4.78, 5) is 0. The minimum Gasteiger partial charge on any atom is -0.492 e. The summed E-state index contributed by atoms with van der Waals surface area (Å²) in [5.41, 5.74) is 1.09. The van der Waals surface area contributed by atoms with E-state index < -0.39 is 0 Å². The van der Waals surface area contributed by atoms with E-state index in [0.717, 1.165) is 29.9 Å². The molecular formula is C16H18ClNO3. The van der Waals surface area contributed by atoms with Crippen molar-refractivity contribution in [1.82, 2.24) is 5.32 Å². The SMILES string of the molecule is OCc1ccc(CN[C@@H]2CCCOc3c(Cl)cccc32)o1. The molecule has 0 bridgehead atoms. The molecule has 2 heterocycles. The number of rotatable bonds is 4. The first-order chi connectivity index (χ1) is 10.3. The number of aliphatic hydroxyl groups is 1. The third-order valence-electron chi connectivity index (χ3n) is 3.65. The molecule has 0 radical (unpaired) electrons. The van der Waals surface area contributed by atoms with Crippen molar-refractivity contribution in [3.05, 3.63) is 52.4 Å². The van der Waals surface area contributed by atoms with Crippen LogP contribution in [0.3, 0.4) is 0 Å². The van der Waals surface area contributed by atoms with Crippen LogP contribution in [0.2, 0.25) is 5.02 Å². The van der Waals surface area contributed by atoms with Gasteiger partial charge in [-0.05, 0) is 31.0 Å². The second kappa shape index (κ2) is 6.52. The van der Waals surface area contributed by atoms with Gasteiger partial charge < -0.3 is 19.6 Å². The number of hydrogen-bond acceptors (Lipinski definition) is 4. The largest absolute Gasteiger partial charge is 0.492 e. The molecule has 1 aliphatic heterocycles. The van der Waals surface area contributed by atoms with Crippen molar-refractivity contribution in [2.45, 2.75) is 32.0 Å². The van der Waals surface area contributed by atoms with Crippen LogP contribution in [0.4, 0.5) is 0 Å². The topological polar surface area (TPSA) is 54.6 Å². The van der Waals surface area contributed by atoms with Crippen LogP contribution >= 0.6 is 11.6 Å². The van der Waals surface area contributed by atoms with Gasteiger partial charge in [0.2, 0.25) is 0 Å². The third-order valence-corrected chi connectivity index (χ3v) is 3.95. The van der Waals surface area contributed by atoms with E-state index >= 15 is 0 Å². The maximum absolute atomic E-state index is 9.02. The van der Waals surface area contributed by atoms with Gasteiger partial charge in [-0.25, -0.2) is 0 Å². The second-order valence-corrected chi connectivity index (χ2v) is 5.52. The number of aliphatic hydroxyl groups excluding tert-OH is 1. The van der Waals surface area contributed by atoms with Crippen LogP contribution in [0, 0.1) is 0 Å². The monoisotopic (exact) mass is 307 g/mol. The highest BCUT2D eigenvalue weighted by molar-refractivity contribution is 6.32. The third kappa shape index (κ3) is 3.23. The first-order valence-electron chi connectivity index (χ1n) is 7.11. The van der Waals surface area contributed by atoms with Crippen molar-refractivity contribution >= 4 is 11.6 Å². The van der Waals surface area contributed by atoms with Gasteiger partial charge >= 0.3 is 0 Å². The summed E-state index contributed by atoms with van der Waals surface area (Å²) in [5, 5.41) is 13.2. The molecule has 0 saturated carbocycles. The molecule has 21 heavy (non-hydrogen) atoms. The molecule has 0 unspecified atom stereocenters. The van der Waals surface area contributed by atoms with Crippen molar-refractivity contribution in [2.24, 2.45) is 0 Å². The lowest BCUT2D eigenvalue weighted by atomic mass is 10.0. The van der Waals surface area contributed by atoms with Crippen molar-refractivity contribution in [2.75, 3.05) is 6.61 Å². The van der Waals surface area contributed by atoms with Gasteiger partial charge in [-0.1, -0.05) is 23.7 Å². The zero-order chi connectivity index (χ0) is 14.7. The van der Waals surface area contributed by atoms with Crippen LogP contribution in [-0.4, -0.2) is 11.7 Å². The molecule has 0 saturated heterocycles. The Morgan fingerprint density at radius 3 is 2.90 bits per heavy atom. The predicted molar refractivity (Wildman–Crippen MR) is 80.4 cm³/mol. The van der Waals surface area contributed by atoms with E-state index in [1.807, 2.05) is 24.3 Å². The number of nitrogens with one attached hydrogen (secondary N) is 1. The molecule has 4 nitrogen and oxygen atoms in total. The predicted octanol–water partition coefficient (Wildman–Crippen LogP) is 3.43. The van der Waals surface area contributed by atoms with Gasteiger partial charge in [-0.15, -0.1) is 0 Å². The summed E-state index contributed by atoms with van der Waals surface area (Å²) in [6.45, 7) is 1.22. The Bertz CT molecular complexity index is 611. The number of hydrogen-bond donors (Lipinski definition) is 2. The fourth-order valence-electron chi connectivity index (χ4n) is 2.61. The van der Waals surface area contributed by atoms with Gasteiger partial charge in [-0.3, -0.25) is 0 Å². The minimum absolute atomic E-state index is 0.0737.